The second-order valence-corrected chi connectivity index (χ2v) is 2.67. The molecule has 0 bridgehead atoms. The van der Waals surface area contributed by atoms with E-state index in [-0.39, 0.29) is 0 Å². The zero-order valence-corrected chi connectivity index (χ0v) is 7.64. The van der Waals surface area contributed by atoms with E-state index in [1.165, 1.54) is 22.7 Å². The summed E-state index contributed by atoms with van der Waals surface area (Å²) in [7, 11) is 2.93. The number of rotatable bonds is 5. The Bertz CT molecular complexity index is 35.4. The van der Waals surface area contributed by atoms with Crippen LogP contribution in [0.15, 0.2) is 0 Å². The molecule has 2 nitrogen and oxygen atoms in total. The van der Waals surface area contributed by atoms with Crippen LogP contribution in [0.4, 0.5) is 0 Å². The van der Waals surface area contributed by atoms with Crippen LogP contribution in [0.5, 0.6) is 0 Å². The first-order chi connectivity index (χ1) is 3.91. The van der Waals surface area contributed by atoms with Crippen molar-refractivity contribution in [2.24, 2.45) is 0 Å². The third-order valence-corrected chi connectivity index (χ3v) is 1.55. The molecule has 0 radical (unpaired) electrons. The molecule has 0 aromatic carbocycles. The van der Waals surface area contributed by atoms with Gasteiger partial charge in [-0.3, -0.25) is 0 Å². The maximum atomic E-state index is 5.02. The molecule has 0 saturated heterocycles. The normalized spacial score (nSPS) is 10.1. The van der Waals surface area contributed by atoms with Crippen LogP contribution in [0.25, 0.3) is 0 Å². The predicted molar refractivity (Wildman–Crippen MR) is 37.2 cm³/mol. The van der Waals surface area contributed by atoms with Gasteiger partial charge in [-0.15, -0.1) is 0 Å². The summed E-state index contributed by atoms with van der Waals surface area (Å²) in [6.07, 6.45) is 1.19. The van der Waals surface area contributed by atoms with E-state index < -0.39 is 0 Å². The van der Waals surface area contributed by atoms with Crippen LogP contribution >= 0.6 is 0 Å². The molecule has 0 saturated carbocycles. The van der Waals surface area contributed by atoms with E-state index in [0.29, 0.717) is 6.79 Å². The zero-order chi connectivity index (χ0) is 6.24. The van der Waals surface area contributed by atoms with E-state index in [9.17, 15) is 0 Å². The fourth-order valence-corrected chi connectivity index (χ4v) is 0.677. The Morgan fingerprint density at radius 2 is 2.25 bits per heavy atom. The lowest BCUT2D eigenvalue weighted by Crippen LogP contribution is -1.97. The minimum atomic E-state index is 0.446. The van der Waals surface area contributed by atoms with Crippen molar-refractivity contribution in [1.82, 2.24) is 0 Å². The topological polar surface area (TPSA) is 18.5 Å². The highest BCUT2D eigenvalue weighted by Gasteiger charge is 1.81. The average Bonchev–Trinajstić information content (AvgIpc) is 1.81. The molecule has 0 spiro atoms. The van der Waals surface area contributed by atoms with Gasteiger partial charge >= 0.3 is 0 Å². The van der Waals surface area contributed by atoms with Crippen LogP contribution in [0, 0.1) is 0 Å². The van der Waals surface area contributed by atoms with E-state index in [1.807, 2.05) is 0 Å². The smallest absolute Gasteiger partial charge is 0.146 e. The van der Waals surface area contributed by atoms with Gasteiger partial charge in [-0.05, 0) is 6.42 Å². The van der Waals surface area contributed by atoms with E-state index in [2.05, 4.69) is 4.74 Å². The SMILES string of the molecule is COCOCCC[SiH3]. The minimum absolute atomic E-state index is 0.446. The zero-order valence-electron chi connectivity index (χ0n) is 5.64. The Balaban J connectivity index is 2.53. The third-order valence-electron chi connectivity index (χ3n) is 0.843. The van der Waals surface area contributed by atoms with Gasteiger partial charge in [0, 0.05) is 24.0 Å². The van der Waals surface area contributed by atoms with Crippen LogP contribution in [0.1, 0.15) is 6.42 Å². The van der Waals surface area contributed by atoms with Gasteiger partial charge in [-0.2, -0.15) is 0 Å². The summed E-state index contributed by atoms with van der Waals surface area (Å²) in [5, 5.41) is 0. The fourth-order valence-electron chi connectivity index (χ4n) is 0.389. The van der Waals surface area contributed by atoms with Crippen molar-refractivity contribution >= 4 is 10.2 Å². The maximum absolute atomic E-state index is 5.02. The molecule has 0 unspecified atom stereocenters. The Hall–Kier alpha value is 0.137. The van der Waals surface area contributed by atoms with Crippen molar-refractivity contribution in [1.29, 1.82) is 0 Å². The molecule has 0 aromatic rings. The summed E-state index contributed by atoms with van der Waals surface area (Å²) in [5.41, 5.74) is 0. The van der Waals surface area contributed by atoms with Crippen LogP contribution in [0.2, 0.25) is 6.04 Å². The molecule has 0 aliphatic heterocycles. The Kier molecular flexibility index (Phi) is 7.26. The summed E-state index contributed by atoms with van der Waals surface area (Å²) < 4.78 is 9.70. The summed E-state index contributed by atoms with van der Waals surface area (Å²) in [4.78, 5) is 0. The van der Waals surface area contributed by atoms with Crippen LogP contribution in [0.3, 0.4) is 0 Å². The summed E-state index contributed by atoms with van der Waals surface area (Å²) >= 11 is 0. The van der Waals surface area contributed by atoms with Crippen molar-refractivity contribution in [2.75, 3.05) is 20.5 Å². The lowest BCUT2D eigenvalue weighted by molar-refractivity contribution is -0.0300. The first kappa shape index (κ1) is 8.14. The quantitative estimate of drug-likeness (QED) is 0.294. The molecule has 0 fully saturated rings. The molecular weight excluding hydrogens is 120 g/mol. The van der Waals surface area contributed by atoms with Crippen molar-refractivity contribution < 1.29 is 9.47 Å². The molecule has 0 atom stereocenters. The van der Waals surface area contributed by atoms with E-state index in [4.69, 9.17) is 4.74 Å². The summed E-state index contributed by atoms with van der Waals surface area (Å²) in [6.45, 7) is 1.30. The molecular formula is C5H14O2Si. The predicted octanol–water partition coefficient (Wildman–Crippen LogP) is -0.219. The monoisotopic (exact) mass is 134 g/mol. The van der Waals surface area contributed by atoms with Crippen LogP contribution < -0.4 is 0 Å². The summed E-state index contributed by atoms with van der Waals surface area (Å²) in [6, 6.07) is 1.32. The molecule has 8 heavy (non-hydrogen) atoms. The van der Waals surface area contributed by atoms with Gasteiger partial charge in [0.1, 0.15) is 6.79 Å². The second kappa shape index (κ2) is 7.14. The largest absolute Gasteiger partial charge is 0.359 e. The molecule has 0 N–H and O–H groups in total. The van der Waals surface area contributed by atoms with Crippen molar-refractivity contribution in [3.8, 4) is 0 Å². The minimum Gasteiger partial charge on any atom is -0.359 e. The van der Waals surface area contributed by atoms with Crippen LogP contribution in [-0.2, 0) is 9.47 Å². The lowest BCUT2D eigenvalue weighted by Gasteiger charge is -1.98. The number of hydrogen-bond donors (Lipinski definition) is 0. The van der Waals surface area contributed by atoms with E-state index in [0.717, 1.165) is 6.61 Å². The number of ether oxygens (including phenoxy) is 2. The highest BCUT2D eigenvalue weighted by molar-refractivity contribution is 6.08. The fraction of sp³-hybridized carbons (Fsp3) is 1.00. The number of hydrogen-bond acceptors (Lipinski definition) is 2. The Labute approximate surface area is 53.6 Å². The summed E-state index contributed by atoms with van der Waals surface area (Å²) in [5.74, 6) is 0. The van der Waals surface area contributed by atoms with Gasteiger partial charge in [-0.1, -0.05) is 6.04 Å². The van der Waals surface area contributed by atoms with Crippen molar-refractivity contribution in [3.63, 3.8) is 0 Å². The van der Waals surface area contributed by atoms with Gasteiger partial charge in [0.15, 0.2) is 0 Å². The van der Waals surface area contributed by atoms with Crippen molar-refractivity contribution in [3.05, 3.63) is 0 Å². The lowest BCUT2D eigenvalue weighted by atomic mass is 10.5. The van der Waals surface area contributed by atoms with Gasteiger partial charge in [-0.25, -0.2) is 0 Å². The highest BCUT2D eigenvalue weighted by Crippen LogP contribution is 1.84. The second-order valence-electron chi connectivity index (χ2n) is 1.67. The molecule has 3 heteroatoms. The van der Waals surface area contributed by atoms with Crippen molar-refractivity contribution in [2.45, 2.75) is 12.5 Å². The van der Waals surface area contributed by atoms with Gasteiger partial charge < -0.3 is 9.47 Å². The highest BCUT2D eigenvalue weighted by atomic mass is 28.1. The van der Waals surface area contributed by atoms with E-state index in [1.54, 1.807) is 7.11 Å². The standard InChI is InChI=1S/C5H14O2Si/c1-6-5-7-3-2-4-8/h2-5H2,1,8H3. The maximum Gasteiger partial charge on any atom is 0.146 e. The molecule has 0 heterocycles. The van der Waals surface area contributed by atoms with Gasteiger partial charge in [0.25, 0.3) is 0 Å². The first-order valence-electron chi connectivity index (χ1n) is 2.98. The first-order valence-corrected chi connectivity index (χ1v) is 4.40. The molecule has 0 amide bonds. The number of methoxy groups -OCH3 is 1. The van der Waals surface area contributed by atoms with Gasteiger partial charge in [0.2, 0.25) is 0 Å². The third kappa shape index (κ3) is 6.14. The van der Waals surface area contributed by atoms with E-state index >= 15 is 0 Å². The molecule has 0 aliphatic rings. The Morgan fingerprint density at radius 3 is 2.75 bits per heavy atom. The average molecular weight is 134 g/mol. The van der Waals surface area contributed by atoms with Crippen LogP contribution in [-0.4, -0.2) is 30.8 Å². The Morgan fingerprint density at radius 1 is 1.50 bits per heavy atom. The molecule has 0 rings (SSSR count). The van der Waals surface area contributed by atoms with Gasteiger partial charge in [0.05, 0.1) is 0 Å². The molecule has 0 aliphatic carbocycles. The molecule has 50 valence electrons. The molecule has 0 aromatic heterocycles.